The minimum atomic E-state index is -0.107. The number of hydrogen-bond donors (Lipinski definition) is 1. The van der Waals surface area contributed by atoms with Gasteiger partial charge in [0.15, 0.2) is 0 Å². The van der Waals surface area contributed by atoms with E-state index in [-0.39, 0.29) is 11.9 Å². The van der Waals surface area contributed by atoms with Crippen LogP contribution in [0.5, 0.6) is 5.75 Å². The molecule has 0 aromatic heterocycles. The fraction of sp³-hybridized carbons (Fsp3) is 0.562. The van der Waals surface area contributed by atoms with Crippen molar-refractivity contribution in [2.24, 2.45) is 5.92 Å². The maximum atomic E-state index is 11.2. The Labute approximate surface area is 115 Å². The molecule has 0 aliphatic heterocycles. The fourth-order valence-electron chi connectivity index (χ4n) is 2.11. The zero-order chi connectivity index (χ0) is 14.1. The Kier molecular flexibility index (Phi) is 7.01. The highest BCUT2D eigenvalue weighted by molar-refractivity contribution is 5.71. The number of aromatic hydroxyl groups is 1. The van der Waals surface area contributed by atoms with E-state index in [1.807, 2.05) is 19.1 Å². The predicted octanol–water partition coefficient (Wildman–Crippen LogP) is 3.69. The maximum absolute atomic E-state index is 11.2. The summed E-state index contributed by atoms with van der Waals surface area (Å²) >= 11 is 0. The Morgan fingerprint density at radius 1 is 1.16 bits per heavy atom. The van der Waals surface area contributed by atoms with E-state index in [2.05, 4.69) is 0 Å². The second-order valence-electron chi connectivity index (χ2n) is 5.04. The van der Waals surface area contributed by atoms with Gasteiger partial charge in [-0.1, -0.05) is 38.3 Å². The van der Waals surface area contributed by atoms with Crippen molar-refractivity contribution in [1.82, 2.24) is 0 Å². The average Bonchev–Trinajstić information content (AvgIpc) is 2.43. The van der Waals surface area contributed by atoms with Crippen molar-refractivity contribution in [3.8, 4) is 5.75 Å². The lowest BCUT2D eigenvalue weighted by atomic mass is 10.0. The molecular weight excluding hydrogens is 240 g/mol. The molecule has 0 spiro atoms. The quantitative estimate of drug-likeness (QED) is 0.575. The smallest absolute Gasteiger partial charge is 0.308 e. The summed E-state index contributed by atoms with van der Waals surface area (Å²) in [5, 5.41) is 9.18. The molecule has 0 radical (unpaired) electrons. The number of esters is 1. The maximum Gasteiger partial charge on any atom is 0.308 e. The van der Waals surface area contributed by atoms with Crippen LogP contribution in [-0.4, -0.2) is 18.2 Å². The summed E-state index contributed by atoms with van der Waals surface area (Å²) in [7, 11) is 1.44. The number of carbonyl (C=O) groups excluding carboxylic acids is 1. The van der Waals surface area contributed by atoms with Crippen LogP contribution in [-0.2, 0) is 16.0 Å². The first kappa shape index (κ1) is 15.5. The van der Waals surface area contributed by atoms with E-state index in [1.165, 1.54) is 19.1 Å². The second kappa shape index (κ2) is 8.57. The fourth-order valence-corrected chi connectivity index (χ4v) is 2.11. The third kappa shape index (κ3) is 6.27. The molecule has 1 aromatic rings. The zero-order valence-electron chi connectivity index (χ0n) is 11.9. The van der Waals surface area contributed by atoms with Crippen molar-refractivity contribution >= 4 is 5.97 Å². The van der Waals surface area contributed by atoms with Gasteiger partial charge in [0.05, 0.1) is 13.0 Å². The predicted molar refractivity (Wildman–Crippen MR) is 76.1 cm³/mol. The van der Waals surface area contributed by atoms with Gasteiger partial charge in [0.2, 0.25) is 0 Å². The van der Waals surface area contributed by atoms with E-state index in [0.717, 1.165) is 32.1 Å². The lowest BCUT2D eigenvalue weighted by Gasteiger charge is -2.08. The molecule has 0 aliphatic rings. The van der Waals surface area contributed by atoms with Gasteiger partial charge in [-0.2, -0.15) is 0 Å². The molecule has 1 atom stereocenters. The minimum Gasteiger partial charge on any atom is -0.508 e. The van der Waals surface area contributed by atoms with Crippen molar-refractivity contribution in [2.45, 2.75) is 45.4 Å². The molecule has 0 fully saturated rings. The molecule has 0 heterocycles. The number of methoxy groups -OCH3 is 1. The van der Waals surface area contributed by atoms with E-state index in [9.17, 15) is 9.90 Å². The summed E-state index contributed by atoms with van der Waals surface area (Å²) in [6.45, 7) is 1.92. The number of carbonyl (C=O) groups is 1. The van der Waals surface area contributed by atoms with Gasteiger partial charge < -0.3 is 9.84 Å². The van der Waals surface area contributed by atoms with Crippen LogP contribution >= 0.6 is 0 Å². The van der Waals surface area contributed by atoms with E-state index in [4.69, 9.17) is 4.74 Å². The molecule has 3 heteroatoms. The van der Waals surface area contributed by atoms with Crippen LogP contribution in [0.2, 0.25) is 0 Å². The molecule has 1 rings (SSSR count). The largest absolute Gasteiger partial charge is 0.508 e. The highest BCUT2D eigenvalue weighted by Gasteiger charge is 2.11. The molecule has 0 saturated heterocycles. The van der Waals surface area contributed by atoms with Crippen LogP contribution < -0.4 is 0 Å². The van der Waals surface area contributed by atoms with Crippen LogP contribution in [0.25, 0.3) is 0 Å². The van der Waals surface area contributed by atoms with Crippen LogP contribution in [0.1, 0.15) is 44.6 Å². The first-order valence-electron chi connectivity index (χ1n) is 6.99. The van der Waals surface area contributed by atoms with E-state index >= 15 is 0 Å². The van der Waals surface area contributed by atoms with Crippen LogP contribution in [0.3, 0.4) is 0 Å². The first-order valence-corrected chi connectivity index (χ1v) is 6.99. The Hall–Kier alpha value is -1.51. The summed E-state index contributed by atoms with van der Waals surface area (Å²) in [6, 6.07) is 7.39. The van der Waals surface area contributed by atoms with Gasteiger partial charge in [-0.15, -0.1) is 0 Å². The third-order valence-electron chi connectivity index (χ3n) is 3.39. The number of phenolic OH excluding ortho intramolecular Hbond substituents is 1. The summed E-state index contributed by atoms with van der Waals surface area (Å²) in [4.78, 5) is 11.2. The number of ether oxygens (including phenoxy) is 1. The molecule has 1 unspecified atom stereocenters. The zero-order valence-corrected chi connectivity index (χ0v) is 11.9. The van der Waals surface area contributed by atoms with Gasteiger partial charge >= 0.3 is 5.97 Å². The van der Waals surface area contributed by atoms with Gasteiger partial charge in [-0.25, -0.2) is 0 Å². The molecule has 0 saturated carbocycles. The molecular formula is C16H24O3. The topological polar surface area (TPSA) is 46.5 Å². The molecule has 0 bridgehead atoms. The van der Waals surface area contributed by atoms with E-state index in [1.54, 1.807) is 12.1 Å². The van der Waals surface area contributed by atoms with Crippen molar-refractivity contribution < 1.29 is 14.6 Å². The van der Waals surface area contributed by atoms with Gasteiger partial charge in [0.25, 0.3) is 0 Å². The monoisotopic (exact) mass is 264 g/mol. The summed E-state index contributed by atoms with van der Waals surface area (Å²) in [5.41, 5.74) is 1.26. The van der Waals surface area contributed by atoms with Crippen LogP contribution in [0, 0.1) is 5.92 Å². The summed E-state index contributed by atoms with van der Waals surface area (Å²) in [6.07, 6.45) is 6.51. The van der Waals surface area contributed by atoms with Crippen molar-refractivity contribution in [2.75, 3.05) is 7.11 Å². The van der Waals surface area contributed by atoms with E-state index in [0.29, 0.717) is 5.75 Å². The molecule has 106 valence electrons. The molecule has 1 N–H and O–H groups in total. The average molecular weight is 264 g/mol. The third-order valence-corrected chi connectivity index (χ3v) is 3.39. The SMILES string of the molecule is COC(=O)C(C)CCCCCCc1ccc(O)cc1. The highest BCUT2D eigenvalue weighted by Crippen LogP contribution is 2.15. The number of phenols is 1. The van der Waals surface area contributed by atoms with Gasteiger partial charge in [-0.3, -0.25) is 4.79 Å². The number of aryl methyl sites for hydroxylation is 1. The van der Waals surface area contributed by atoms with Gasteiger partial charge in [-0.05, 0) is 37.0 Å². The number of rotatable bonds is 8. The van der Waals surface area contributed by atoms with Gasteiger partial charge in [0, 0.05) is 0 Å². The molecule has 19 heavy (non-hydrogen) atoms. The lowest BCUT2D eigenvalue weighted by molar-refractivity contribution is -0.145. The number of hydrogen-bond acceptors (Lipinski definition) is 3. The molecule has 3 nitrogen and oxygen atoms in total. The Balaban J connectivity index is 2.05. The Morgan fingerprint density at radius 3 is 2.42 bits per heavy atom. The number of benzene rings is 1. The lowest BCUT2D eigenvalue weighted by Crippen LogP contribution is -2.12. The Morgan fingerprint density at radius 2 is 1.79 bits per heavy atom. The molecule has 0 amide bonds. The van der Waals surface area contributed by atoms with Crippen LogP contribution in [0.4, 0.5) is 0 Å². The summed E-state index contributed by atoms with van der Waals surface area (Å²) < 4.78 is 4.70. The standard InChI is InChI=1S/C16H24O3/c1-13(16(18)19-2)7-5-3-4-6-8-14-9-11-15(17)12-10-14/h9-13,17H,3-8H2,1-2H3. The van der Waals surface area contributed by atoms with E-state index < -0.39 is 0 Å². The van der Waals surface area contributed by atoms with Crippen LogP contribution in [0.15, 0.2) is 24.3 Å². The van der Waals surface area contributed by atoms with Crippen molar-refractivity contribution in [3.05, 3.63) is 29.8 Å². The van der Waals surface area contributed by atoms with Gasteiger partial charge in [0.1, 0.15) is 5.75 Å². The second-order valence-corrected chi connectivity index (χ2v) is 5.04. The number of unbranched alkanes of at least 4 members (excludes halogenated alkanes) is 3. The minimum absolute atomic E-state index is 0.0158. The van der Waals surface area contributed by atoms with Crippen molar-refractivity contribution in [3.63, 3.8) is 0 Å². The first-order chi connectivity index (χ1) is 9.13. The Bertz CT molecular complexity index is 370. The molecule has 1 aromatic carbocycles. The highest BCUT2D eigenvalue weighted by atomic mass is 16.5. The summed E-state index contributed by atoms with van der Waals surface area (Å²) in [5.74, 6) is 0.228. The van der Waals surface area contributed by atoms with Crippen molar-refractivity contribution in [1.29, 1.82) is 0 Å². The normalized spacial score (nSPS) is 12.1. The molecule has 0 aliphatic carbocycles.